The second-order valence-electron chi connectivity index (χ2n) is 3.36. The van der Waals surface area contributed by atoms with Gasteiger partial charge in [-0.3, -0.25) is 0 Å². The highest BCUT2D eigenvalue weighted by molar-refractivity contribution is 8.63. The van der Waals surface area contributed by atoms with Crippen molar-refractivity contribution in [3.63, 3.8) is 0 Å². The van der Waals surface area contributed by atoms with Crippen molar-refractivity contribution in [3.05, 3.63) is 0 Å². The van der Waals surface area contributed by atoms with Gasteiger partial charge < -0.3 is 0 Å². The van der Waals surface area contributed by atoms with Crippen LogP contribution in [0.4, 0.5) is 0 Å². The van der Waals surface area contributed by atoms with Gasteiger partial charge in [-0.1, -0.05) is 97.7 Å². The Morgan fingerprint density at radius 3 is 1.68 bits per heavy atom. The van der Waals surface area contributed by atoms with E-state index in [0.29, 0.717) is 4.86 Å². The Hall–Kier alpha value is 1.07. The maximum atomic E-state index is 5.55. The summed E-state index contributed by atoms with van der Waals surface area (Å²) >= 11 is 51.3. The molecule has 0 rings (SSSR count). The van der Waals surface area contributed by atoms with Gasteiger partial charge in [0, 0.05) is 15.3 Å². The van der Waals surface area contributed by atoms with E-state index >= 15 is 0 Å². The number of thiocarbonyl (C=S) groups is 9. The summed E-state index contributed by atoms with van der Waals surface area (Å²) < 4.78 is 0.307. The van der Waals surface area contributed by atoms with Gasteiger partial charge in [0.2, 0.25) is 0 Å². The van der Waals surface area contributed by atoms with Crippen LogP contribution < -0.4 is 0 Å². The van der Waals surface area contributed by atoms with Crippen LogP contribution in [0.15, 0.2) is 0 Å². The predicted octanol–water partition coefficient (Wildman–Crippen LogP) is 3.68. The van der Waals surface area contributed by atoms with Gasteiger partial charge >= 0.3 is 0 Å². The van der Waals surface area contributed by atoms with Crippen molar-refractivity contribution in [2.24, 2.45) is 0 Å². The molecule has 0 bridgehead atoms. The first-order chi connectivity index (χ1) is 10.0. The Labute approximate surface area is 182 Å². The summed E-state index contributed by atoms with van der Waals surface area (Å²) in [6, 6.07) is 0. The normalized spacial score (nSPS) is 11.9. The third-order valence-electron chi connectivity index (χ3n) is 1.94. The molecule has 0 saturated carbocycles. The van der Waals surface area contributed by atoms with Crippen LogP contribution in [-0.4, -0.2) is 48.1 Å². The quantitative estimate of drug-likeness (QED) is 0.505. The fraction of sp³-hybridized carbons (Fsp3) is 0.0909. The lowest BCUT2D eigenvalue weighted by atomic mass is 10.3. The minimum Gasteiger partial charge on any atom is -0.0871 e. The number of hydrogen-bond donors (Lipinski definition) is 0. The van der Waals surface area contributed by atoms with Crippen molar-refractivity contribution in [1.29, 1.82) is 0 Å². The molecule has 1 unspecified atom stereocenters. The van der Waals surface area contributed by atoms with Crippen LogP contribution in [0, 0.1) is 0 Å². The maximum Gasteiger partial charge on any atom is 0.102 e. The van der Waals surface area contributed by atoms with Gasteiger partial charge in [-0.15, -0.1) is 0 Å². The van der Waals surface area contributed by atoms with Crippen molar-refractivity contribution >= 4 is 177 Å². The second-order valence-corrected chi connectivity index (χ2v) is 11.0. The molecule has 0 heterocycles. The van der Waals surface area contributed by atoms with E-state index in [1.54, 1.807) is 6.92 Å². The molecule has 0 nitrogen and oxygen atoms in total. The molecule has 0 aromatic carbocycles. The van der Waals surface area contributed by atoms with Gasteiger partial charge in [0.15, 0.2) is 0 Å². The molecule has 22 heavy (non-hydrogen) atoms. The molecule has 0 aliphatic heterocycles. The van der Waals surface area contributed by atoms with Gasteiger partial charge in [-0.2, -0.15) is 0 Å². The summed E-state index contributed by atoms with van der Waals surface area (Å²) in [4.78, 5) is 1.28. The zero-order valence-electron chi connectivity index (χ0n) is 10.6. The summed E-state index contributed by atoms with van der Waals surface area (Å²) in [5.41, 5.74) is 0. The van der Waals surface area contributed by atoms with Crippen LogP contribution in [0.25, 0.3) is 0 Å². The fourth-order valence-corrected chi connectivity index (χ4v) is 6.49. The first-order valence-corrected chi connectivity index (χ1v) is 11.2. The van der Waals surface area contributed by atoms with Crippen LogP contribution in [0.3, 0.4) is 0 Å². The van der Waals surface area contributed by atoms with Gasteiger partial charge in [0.1, 0.15) is 8.39 Å². The molecular weight excluding hydrogens is 485 g/mol. The Morgan fingerprint density at radius 2 is 1.32 bits per heavy atom. The summed E-state index contributed by atoms with van der Waals surface area (Å²) in [7, 11) is -2.58. The second kappa shape index (κ2) is 10.1. The zero-order valence-corrected chi connectivity index (χ0v) is 19.5. The van der Waals surface area contributed by atoms with E-state index in [4.69, 9.17) is 121 Å². The highest BCUT2D eigenvalue weighted by Gasteiger charge is 2.26. The highest BCUT2D eigenvalue weighted by atomic mass is 32.8. The minimum absolute atomic E-state index is 0.151. The molecule has 0 radical (unpaired) electrons. The van der Waals surface area contributed by atoms with Crippen LogP contribution in [0.2, 0.25) is 0 Å². The van der Waals surface area contributed by atoms with Gasteiger partial charge in [0.25, 0.3) is 0 Å². The minimum atomic E-state index is -2.58. The van der Waals surface area contributed by atoms with Gasteiger partial charge in [0.05, 0.1) is 19.5 Å². The van der Waals surface area contributed by atoms with Crippen molar-refractivity contribution in [3.8, 4) is 0 Å². The highest BCUT2D eigenvalue weighted by Crippen LogP contribution is 2.09. The molecule has 0 saturated heterocycles. The smallest absolute Gasteiger partial charge is 0.0871 e. The lowest BCUT2D eigenvalue weighted by molar-refractivity contribution is 2.09. The van der Waals surface area contributed by atoms with E-state index in [0.717, 1.165) is 0 Å². The lowest BCUT2D eigenvalue weighted by Crippen LogP contribution is -2.36. The molecule has 0 aromatic rings. The number of rotatable bonds is 6. The predicted molar refractivity (Wildman–Crippen MR) is 140 cm³/mol. The van der Waals surface area contributed by atoms with Crippen LogP contribution >= 0.6 is 110 Å². The van der Waals surface area contributed by atoms with Gasteiger partial charge in [-0.05, 0) is 43.5 Å². The van der Waals surface area contributed by atoms with E-state index in [1.807, 2.05) is 0 Å². The molecule has 0 aromatic heterocycles. The average Bonchev–Trinajstić information content (AvgIpc) is 2.50. The third kappa shape index (κ3) is 5.56. The summed E-state index contributed by atoms with van der Waals surface area (Å²) in [6.45, 7) is 1.65. The van der Waals surface area contributed by atoms with E-state index in [1.165, 1.54) is 5.37 Å². The van der Waals surface area contributed by atoms with E-state index in [2.05, 4.69) is 10.0 Å². The van der Waals surface area contributed by atoms with E-state index in [9.17, 15) is 0 Å². The number of hydrogen-bond acceptors (Lipinski definition) is 10. The van der Waals surface area contributed by atoms with Crippen LogP contribution in [0.5, 0.6) is 0 Å². The fourth-order valence-electron chi connectivity index (χ4n) is 0.903. The third-order valence-corrected chi connectivity index (χ3v) is 11.0. The molecule has 0 aliphatic rings. The average molecular weight is 489 g/mol. The Kier molecular flexibility index (Phi) is 10.6. The van der Waals surface area contributed by atoms with E-state index < -0.39 is 8.18 Å². The summed E-state index contributed by atoms with van der Waals surface area (Å²) in [5, 5.41) is 6.25. The molecule has 0 N–H and O–H groups in total. The van der Waals surface area contributed by atoms with Crippen molar-refractivity contribution in [2.45, 2.75) is 6.92 Å². The largest absolute Gasteiger partial charge is 0.102 e. The molecule has 114 valence electrons. The molecular formula is C11H4S11. The molecule has 0 aliphatic carbocycles. The van der Waals surface area contributed by atoms with Crippen molar-refractivity contribution < 1.29 is 0 Å². The topological polar surface area (TPSA) is 0 Å². The Bertz CT molecular complexity index is 818. The summed E-state index contributed by atoms with van der Waals surface area (Å²) in [5.74, 6) is 0. The standard InChI is InChI=1S/C11H4S11/c1-5(14)7(16)9(18)11(20)22(21,3-2-12)10(19)8(17)6(15)4-13/h4H,1H3. The Balaban J connectivity index is 6.23. The summed E-state index contributed by atoms with van der Waals surface area (Å²) in [6.07, 6.45) is 0. The first-order valence-electron chi connectivity index (χ1n) is 4.94. The first kappa shape index (κ1) is 23.1. The molecule has 0 spiro atoms. The monoisotopic (exact) mass is 488 g/mol. The van der Waals surface area contributed by atoms with E-state index in [-0.39, 0.29) is 27.9 Å². The maximum absolute atomic E-state index is 5.55. The zero-order chi connectivity index (χ0) is 17.7. The van der Waals surface area contributed by atoms with Crippen molar-refractivity contribution in [1.82, 2.24) is 0 Å². The molecule has 11 heteroatoms. The molecule has 0 fully saturated rings. The SMILES string of the molecule is CC(=S)C(=S)C(=S)C(=S)S(=S)(=C=C=S)C(=S)C(=S)C(=S)C=S. The lowest BCUT2D eigenvalue weighted by Gasteiger charge is -2.15. The molecule has 1 atom stereocenters. The van der Waals surface area contributed by atoms with Crippen molar-refractivity contribution in [2.75, 3.05) is 0 Å². The Morgan fingerprint density at radius 1 is 0.864 bits per heavy atom. The van der Waals surface area contributed by atoms with Crippen LogP contribution in [0.1, 0.15) is 6.92 Å². The van der Waals surface area contributed by atoms with Gasteiger partial charge in [-0.25, -0.2) is 0 Å². The molecule has 0 amide bonds. The van der Waals surface area contributed by atoms with Crippen LogP contribution in [-0.2, 0) is 19.4 Å².